The maximum atomic E-state index is 13.8. The second kappa shape index (κ2) is 6.00. The molecule has 4 nitrogen and oxygen atoms in total. The van der Waals surface area contributed by atoms with E-state index >= 15 is 0 Å². The van der Waals surface area contributed by atoms with E-state index < -0.39 is 5.82 Å². The summed E-state index contributed by atoms with van der Waals surface area (Å²) in [6.45, 7) is 1.90. The number of nitrogens with zero attached hydrogens (tertiary/aromatic N) is 2. The van der Waals surface area contributed by atoms with Gasteiger partial charge in [0.25, 0.3) is 0 Å². The van der Waals surface area contributed by atoms with Crippen LogP contribution in [0, 0.1) is 23.1 Å². The van der Waals surface area contributed by atoms with Crippen LogP contribution in [0.25, 0.3) is 0 Å². The SMILES string of the molecule is N#Cc1c(F)cccc1N1CCCC1C1COCCC1O. The summed E-state index contributed by atoms with van der Waals surface area (Å²) in [5.41, 5.74) is 0.730. The molecule has 0 amide bonds. The van der Waals surface area contributed by atoms with Crippen molar-refractivity contribution in [3.05, 3.63) is 29.6 Å². The summed E-state index contributed by atoms with van der Waals surface area (Å²) >= 11 is 0. The van der Waals surface area contributed by atoms with Crippen LogP contribution in [0.1, 0.15) is 24.8 Å². The molecule has 3 rings (SSSR count). The molecule has 0 radical (unpaired) electrons. The normalized spacial score (nSPS) is 29.4. The first-order chi connectivity index (χ1) is 10.2. The summed E-state index contributed by atoms with van der Waals surface area (Å²) in [6, 6.07) is 6.80. The van der Waals surface area contributed by atoms with Crippen molar-refractivity contribution in [2.45, 2.75) is 31.4 Å². The van der Waals surface area contributed by atoms with E-state index in [0.29, 0.717) is 25.3 Å². The van der Waals surface area contributed by atoms with Crippen LogP contribution in [-0.2, 0) is 4.74 Å². The molecule has 0 aliphatic carbocycles. The lowest BCUT2D eigenvalue weighted by Crippen LogP contribution is -2.46. The Balaban J connectivity index is 1.91. The van der Waals surface area contributed by atoms with Crippen molar-refractivity contribution < 1.29 is 14.2 Å². The summed E-state index contributed by atoms with van der Waals surface area (Å²) in [4.78, 5) is 2.07. The Morgan fingerprint density at radius 1 is 1.38 bits per heavy atom. The molecule has 2 aliphatic rings. The summed E-state index contributed by atoms with van der Waals surface area (Å²) in [5, 5.41) is 19.4. The van der Waals surface area contributed by atoms with Crippen LogP contribution in [0.5, 0.6) is 0 Å². The Morgan fingerprint density at radius 3 is 3.00 bits per heavy atom. The molecule has 1 aromatic rings. The van der Waals surface area contributed by atoms with Crippen LogP contribution in [0.4, 0.5) is 10.1 Å². The average molecular weight is 290 g/mol. The molecule has 2 saturated heterocycles. The van der Waals surface area contributed by atoms with E-state index in [1.54, 1.807) is 12.1 Å². The number of hydrogen-bond donors (Lipinski definition) is 1. The van der Waals surface area contributed by atoms with E-state index in [9.17, 15) is 14.8 Å². The number of hydrogen-bond acceptors (Lipinski definition) is 4. The van der Waals surface area contributed by atoms with Crippen molar-refractivity contribution in [2.24, 2.45) is 5.92 Å². The lowest BCUT2D eigenvalue weighted by molar-refractivity contribution is -0.0437. The van der Waals surface area contributed by atoms with Crippen LogP contribution in [0.2, 0.25) is 0 Å². The molecule has 2 fully saturated rings. The second-order valence-corrected chi connectivity index (χ2v) is 5.74. The van der Waals surface area contributed by atoms with Crippen molar-refractivity contribution in [1.82, 2.24) is 0 Å². The van der Waals surface area contributed by atoms with E-state index in [2.05, 4.69) is 4.90 Å². The van der Waals surface area contributed by atoms with Gasteiger partial charge >= 0.3 is 0 Å². The van der Waals surface area contributed by atoms with Crippen LogP contribution in [0.15, 0.2) is 18.2 Å². The number of benzene rings is 1. The number of aliphatic hydroxyl groups is 1. The quantitative estimate of drug-likeness (QED) is 0.906. The molecule has 0 aromatic heterocycles. The third kappa shape index (κ3) is 2.61. The summed E-state index contributed by atoms with van der Waals surface area (Å²) in [6.07, 6.45) is 2.17. The first kappa shape index (κ1) is 14.3. The highest BCUT2D eigenvalue weighted by atomic mass is 19.1. The Kier molecular flexibility index (Phi) is 4.09. The zero-order valence-corrected chi connectivity index (χ0v) is 11.8. The molecule has 5 heteroatoms. The maximum Gasteiger partial charge on any atom is 0.143 e. The topological polar surface area (TPSA) is 56.5 Å². The van der Waals surface area contributed by atoms with Gasteiger partial charge in [-0.1, -0.05) is 6.07 Å². The van der Waals surface area contributed by atoms with Gasteiger partial charge in [-0.05, 0) is 31.4 Å². The van der Waals surface area contributed by atoms with Gasteiger partial charge in [0.2, 0.25) is 0 Å². The number of aliphatic hydroxyl groups excluding tert-OH is 1. The number of ether oxygens (including phenoxy) is 1. The standard InChI is InChI=1S/C16H19FN2O2/c17-13-3-1-4-14(11(13)9-18)19-7-2-5-15(19)12-10-21-8-6-16(12)20/h1,3-4,12,15-16,20H,2,5-8,10H2. The third-order valence-electron chi connectivity index (χ3n) is 4.57. The van der Waals surface area contributed by atoms with E-state index in [-0.39, 0.29) is 23.6 Å². The minimum absolute atomic E-state index is 0.0241. The number of anilines is 1. The van der Waals surface area contributed by atoms with E-state index in [1.165, 1.54) is 6.07 Å². The van der Waals surface area contributed by atoms with E-state index in [4.69, 9.17) is 4.74 Å². The molecule has 1 N–H and O–H groups in total. The monoisotopic (exact) mass is 290 g/mol. The Labute approximate surface area is 123 Å². The Morgan fingerprint density at radius 2 is 2.24 bits per heavy atom. The fourth-order valence-electron chi connectivity index (χ4n) is 3.52. The zero-order chi connectivity index (χ0) is 14.8. The lowest BCUT2D eigenvalue weighted by atomic mass is 9.89. The number of nitriles is 1. The Hall–Kier alpha value is -1.64. The van der Waals surface area contributed by atoms with Crippen molar-refractivity contribution in [3.63, 3.8) is 0 Å². The molecule has 0 saturated carbocycles. The van der Waals surface area contributed by atoms with Gasteiger partial charge in [0.15, 0.2) is 0 Å². The highest BCUT2D eigenvalue weighted by Gasteiger charge is 2.38. The molecule has 3 atom stereocenters. The molecular weight excluding hydrogens is 271 g/mol. The lowest BCUT2D eigenvalue weighted by Gasteiger charge is -2.38. The van der Waals surface area contributed by atoms with Gasteiger partial charge in [-0.25, -0.2) is 4.39 Å². The first-order valence-electron chi connectivity index (χ1n) is 7.43. The fraction of sp³-hybridized carbons (Fsp3) is 0.562. The molecular formula is C16H19FN2O2. The predicted octanol–water partition coefficient (Wildman–Crippen LogP) is 2.06. The summed E-state index contributed by atoms with van der Waals surface area (Å²) in [7, 11) is 0. The van der Waals surface area contributed by atoms with Gasteiger partial charge in [-0.3, -0.25) is 0 Å². The molecule has 112 valence electrons. The maximum absolute atomic E-state index is 13.8. The predicted molar refractivity (Wildman–Crippen MR) is 76.4 cm³/mol. The van der Waals surface area contributed by atoms with Crippen LogP contribution >= 0.6 is 0 Å². The largest absolute Gasteiger partial charge is 0.393 e. The molecule has 2 heterocycles. The zero-order valence-electron chi connectivity index (χ0n) is 11.8. The minimum Gasteiger partial charge on any atom is -0.393 e. The van der Waals surface area contributed by atoms with Gasteiger partial charge in [0, 0.05) is 25.1 Å². The van der Waals surface area contributed by atoms with Crippen molar-refractivity contribution >= 4 is 5.69 Å². The van der Waals surface area contributed by atoms with Crippen LogP contribution in [-0.4, -0.2) is 37.0 Å². The molecule has 1 aromatic carbocycles. The van der Waals surface area contributed by atoms with Gasteiger partial charge in [0.1, 0.15) is 17.4 Å². The van der Waals surface area contributed by atoms with E-state index in [1.807, 2.05) is 6.07 Å². The van der Waals surface area contributed by atoms with Crippen molar-refractivity contribution in [1.29, 1.82) is 5.26 Å². The number of rotatable bonds is 2. The first-order valence-corrected chi connectivity index (χ1v) is 7.43. The Bertz CT molecular complexity index is 558. The highest BCUT2D eigenvalue weighted by molar-refractivity contribution is 5.61. The minimum atomic E-state index is -0.485. The smallest absolute Gasteiger partial charge is 0.143 e. The van der Waals surface area contributed by atoms with Gasteiger partial charge < -0.3 is 14.7 Å². The van der Waals surface area contributed by atoms with Crippen molar-refractivity contribution in [3.8, 4) is 6.07 Å². The van der Waals surface area contributed by atoms with Gasteiger partial charge in [-0.15, -0.1) is 0 Å². The molecule has 21 heavy (non-hydrogen) atoms. The number of halogens is 1. The van der Waals surface area contributed by atoms with E-state index in [0.717, 1.165) is 19.4 Å². The fourth-order valence-corrected chi connectivity index (χ4v) is 3.52. The molecule has 3 unspecified atom stereocenters. The average Bonchev–Trinajstić information content (AvgIpc) is 2.96. The second-order valence-electron chi connectivity index (χ2n) is 5.74. The third-order valence-corrected chi connectivity index (χ3v) is 4.57. The summed E-state index contributed by atoms with van der Waals surface area (Å²) < 4.78 is 19.3. The summed E-state index contributed by atoms with van der Waals surface area (Å²) in [5.74, 6) is -0.461. The van der Waals surface area contributed by atoms with Crippen molar-refractivity contribution in [2.75, 3.05) is 24.7 Å². The molecule has 0 bridgehead atoms. The molecule has 2 aliphatic heterocycles. The van der Waals surface area contributed by atoms with Crippen LogP contribution in [0.3, 0.4) is 0 Å². The van der Waals surface area contributed by atoms with Gasteiger partial charge in [-0.2, -0.15) is 5.26 Å². The highest BCUT2D eigenvalue weighted by Crippen LogP contribution is 2.35. The van der Waals surface area contributed by atoms with Gasteiger partial charge in [0.05, 0.1) is 18.4 Å². The van der Waals surface area contributed by atoms with Crippen LogP contribution < -0.4 is 4.90 Å². The molecule has 0 spiro atoms.